The second-order valence-electron chi connectivity index (χ2n) is 4.70. The first-order chi connectivity index (χ1) is 8.70. The molecule has 0 radical (unpaired) electrons. The van der Waals surface area contributed by atoms with Gasteiger partial charge in [0.05, 0.1) is 0 Å². The highest BCUT2D eigenvalue weighted by Gasteiger charge is 2.40. The number of rotatable bonds is 2. The van der Waals surface area contributed by atoms with Crippen LogP contribution >= 0.6 is 12.6 Å². The van der Waals surface area contributed by atoms with Crippen LogP contribution in [-0.2, 0) is 4.79 Å². The zero-order chi connectivity index (χ0) is 14.1. The van der Waals surface area contributed by atoms with E-state index >= 15 is 0 Å². The lowest BCUT2D eigenvalue weighted by molar-refractivity contribution is -0.128. The van der Waals surface area contributed by atoms with Crippen LogP contribution in [-0.4, -0.2) is 54.7 Å². The molecule has 0 aromatic rings. The number of nitrogens with zero attached hydrogens (tertiary/aromatic N) is 2. The summed E-state index contributed by atoms with van der Waals surface area (Å²) >= 11 is 3.53. The topological polar surface area (TPSA) is 23.6 Å². The predicted octanol–water partition coefficient (Wildman–Crippen LogP) is 2.38. The quantitative estimate of drug-likeness (QED) is 0.782. The molecule has 0 bridgehead atoms. The highest BCUT2D eigenvalue weighted by atomic mass is 32.1. The summed E-state index contributed by atoms with van der Waals surface area (Å²) in [5, 5.41) is 0. The summed E-state index contributed by atoms with van der Waals surface area (Å²) in [6.07, 6.45) is 2.94. The molecular weight excluding hydrogens is 244 g/mol. The summed E-state index contributed by atoms with van der Waals surface area (Å²) < 4.78 is 0. The molecule has 18 heavy (non-hydrogen) atoms. The molecule has 0 aromatic carbocycles. The van der Waals surface area contributed by atoms with Crippen LogP contribution < -0.4 is 0 Å². The molecule has 108 valence electrons. The van der Waals surface area contributed by atoms with Crippen molar-refractivity contribution >= 4 is 18.5 Å². The molecule has 2 atom stereocenters. The Labute approximate surface area is 118 Å². The van der Waals surface area contributed by atoms with Gasteiger partial charge in [-0.05, 0) is 31.1 Å². The molecule has 0 aliphatic carbocycles. The van der Waals surface area contributed by atoms with Crippen molar-refractivity contribution in [3.05, 3.63) is 0 Å². The Balaban J connectivity index is 0.000000659. The minimum atomic E-state index is 0.251. The Morgan fingerprint density at radius 3 is 1.89 bits per heavy atom. The molecule has 3 nitrogen and oxygen atoms in total. The van der Waals surface area contributed by atoms with E-state index in [1.807, 2.05) is 18.7 Å². The van der Waals surface area contributed by atoms with Gasteiger partial charge in [-0.3, -0.25) is 4.79 Å². The van der Waals surface area contributed by atoms with E-state index in [-0.39, 0.29) is 5.91 Å². The minimum Gasteiger partial charge on any atom is -0.342 e. The smallest absolute Gasteiger partial charge is 0.219 e. The van der Waals surface area contributed by atoms with Gasteiger partial charge in [0.2, 0.25) is 5.91 Å². The molecule has 2 aliphatic heterocycles. The lowest BCUT2D eigenvalue weighted by Gasteiger charge is -2.19. The SMILES string of the molecule is CC.CCCN1C[C@@H]2CN(C(C)=O)C[C@@H]2C1.CS. The van der Waals surface area contributed by atoms with Crippen molar-refractivity contribution in [1.82, 2.24) is 9.80 Å². The second-order valence-corrected chi connectivity index (χ2v) is 4.70. The van der Waals surface area contributed by atoms with Gasteiger partial charge in [0.15, 0.2) is 0 Å². The maximum absolute atomic E-state index is 11.2. The van der Waals surface area contributed by atoms with Crippen LogP contribution in [0.1, 0.15) is 34.1 Å². The van der Waals surface area contributed by atoms with E-state index in [9.17, 15) is 4.79 Å². The molecule has 2 saturated heterocycles. The number of likely N-dealkylation sites (tertiary alicyclic amines) is 2. The molecule has 1 amide bonds. The van der Waals surface area contributed by atoms with Gasteiger partial charge in [-0.25, -0.2) is 0 Å². The zero-order valence-corrected chi connectivity index (χ0v) is 13.5. The van der Waals surface area contributed by atoms with Gasteiger partial charge in [0, 0.05) is 33.1 Å². The maximum atomic E-state index is 11.2. The van der Waals surface area contributed by atoms with Gasteiger partial charge in [-0.2, -0.15) is 12.6 Å². The first-order valence-corrected chi connectivity index (χ1v) is 8.02. The monoisotopic (exact) mass is 274 g/mol. The Bertz CT molecular complexity index is 222. The average Bonchev–Trinajstić information content (AvgIpc) is 2.92. The zero-order valence-electron chi connectivity index (χ0n) is 12.6. The lowest BCUT2D eigenvalue weighted by atomic mass is 10.0. The van der Waals surface area contributed by atoms with Crippen LogP contribution in [0, 0.1) is 11.8 Å². The van der Waals surface area contributed by atoms with E-state index in [4.69, 9.17) is 0 Å². The van der Waals surface area contributed by atoms with Crippen LogP contribution in [0.4, 0.5) is 0 Å². The van der Waals surface area contributed by atoms with Crippen LogP contribution in [0.25, 0.3) is 0 Å². The number of amides is 1. The highest BCUT2D eigenvalue weighted by Crippen LogP contribution is 2.30. The Morgan fingerprint density at radius 1 is 1.11 bits per heavy atom. The third-order valence-electron chi connectivity index (χ3n) is 3.55. The van der Waals surface area contributed by atoms with Gasteiger partial charge < -0.3 is 9.80 Å². The van der Waals surface area contributed by atoms with Crippen LogP contribution in [0.15, 0.2) is 0 Å². The van der Waals surface area contributed by atoms with Crippen molar-refractivity contribution in [1.29, 1.82) is 0 Å². The molecule has 2 rings (SSSR count). The van der Waals surface area contributed by atoms with Crippen molar-refractivity contribution in [2.45, 2.75) is 34.1 Å². The summed E-state index contributed by atoms with van der Waals surface area (Å²) in [7, 11) is 0. The van der Waals surface area contributed by atoms with Crippen molar-refractivity contribution in [3.63, 3.8) is 0 Å². The molecular formula is C14H30N2OS. The first kappa shape index (κ1) is 17.8. The van der Waals surface area contributed by atoms with Gasteiger partial charge in [-0.1, -0.05) is 20.8 Å². The molecule has 0 saturated carbocycles. The van der Waals surface area contributed by atoms with Gasteiger partial charge in [-0.15, -0.1) is 0 Å². The molecule has 0 spiro atoms. The Morgan fingerprint density at radius 2 is 1.56 bits per heavy atom. The van der Waals surface area contributed by atoms with Gasteiger partial charge >= 0.3 is 0 Å². The van der Waals surface area contributed by atoms with E-state index in [1.54, 1.807) is 13.2 Å². The molecule has 0 unspecified atom stereocenters. The summed E-state index contributed by atoms with van der Waals surface area (Å²) in [6.45, 7) is 13.6. The maximum Gasteiger partial charge on any atom is 0.219 e. The third kappa shape index (κ3) is 4.81. The second kappa shape index (κ2) is 9.68. The van der Waals surface area contributed by atoms with Gasteiger partial charge in [0.25, 0.3) is 0 Å². The van der Waals surface area contributed by atoms with E-state index in [2.05, 4.69) is 24.5 Å². The van der Waals surface area contributed by atoms with Crippen molar-refractivity contribution < 1.29 is 4.79 Å². The fraction of sp³-hybridized carbons (Fsp3) is 0.929. The average molecular weight is 274 g/mol. The van der Waals surface area contributed by atoms with E-state index < -0.39 is 0 Å². The van der Waals surface area contributed by atoms with E-state index in [0.717, 1.165) is 24.9 Å². The third-order valence-corrected chi connectivity index (χ3v) is 3.55. The molecule has 2 heterocycles. The number of carbonyl (C=O) groups excluding carboxylic acids is 1. The minimum absolute atomic E-state index is 0.251. The number of thiol groups is 1. The molecule has 2 fully saturated rings. The van der Waals surface area contributed by atoms with Gasteiger partial charge in [0.1, 0.15) is 0 Å². The van der Waals surface area contributed by atoms with E-state index in [0.29, 0.717) is 0 Å². The summed E-state index contributed by atoms with van der Waals surface area (Å²) in [5.74, 6) is 1.76. The first-order valence-electron chi connectivity index (χ1n) is 7.13. The fourth-order valence-corrected chi connectivity index (χ4v) is 2.85. The van der Waals surface area contributed by atoms with Crippen molar-refractivity contribution in [2.24, 2.45) is 11.8 Å². The number of hydrogen-bond donors (Lipinski definition) is 1. The van der Waals surface area contributed by atoms with Crippen LogP contribution in [0.2, 0.25) is 0 Å². The normalized spacial score (nSPS) is 25.8. The molecule has 4 heteroatoms. The predicted molar refractivity (Wildman–Crippen MR) is 82.2 cm³/mol. The number of fused-ring (bicyclic) bond motifs is 1. The Hall–Kier alpha value is -0.220. The summed E-state index contributed by atoms with van der Waals surface area (Å²) in [5.41, 5.74) is 0. The van der Waals surface area contributed by atoms with E-state index in [1.165, 1.54) is 26.1 Å². The van der Waals surface area contributed by atoms with Crippen LogP contribution in [0.3, 0.4) is 0 Å². The Kier molecular flexibility index (Phi) is 9.56. The molecule has 0 N–H and O–H groups in total. The summed E-state index contributed by atoms with van der Waals surface area (Å²) in [4.78, 5) is 15.8. The molecule has 0 aromatic heterocycles. The molecule has 2 aliphatic rings. The van der Waals surface area contributed by atoms with Crippen LogP contribution in [0.5, 0.6) is 0 Å². The standard InChI is InChI=1S/C11H20N2O.C2H6.CH4S/c1-3-4-12-5-10-7-13(9(2)14)8-11(10)6-12;2*1-2/h10-11H,3-8H2,1-2H3;1-2H3;2H,1H3/t10-,11+;;. The highest BCUT2D eigenvalue weighted by molar-refractivity contribution is 7.79. The number of hydrogen-bond acceptors (Lipinski definition) is 3. The number of carbonyl (C=O) groups is 1. The summed E-state index contributed by atoms with van der Waals surface area (Å²) in [6, 6.07) is 0. The largest absolute Gasteiger partial charge is 0.342 e. The fourth-order valence-electron chi connectivity index (χ4n) is 2.85. The van der Waals surface area contributed by atoms with Crippen molar-refractivity contribution in [2.75, 3.05) is 39.0 Å². The lowest BCUT2D eigenvalue weighted by Crippen LogP contribution is -2.31. The van der Waals surface area contributed by atoms with Crippen molar-refractivity contribution in [3.8, 4) is 0 Å².